The summed E-state index contributed by atoms with van der Waals surface area (Å²) in [5.74, 6) is -0.377. The molecule has 0 radical (unpaired) electrons. The van der Waals surface area contributed by atoms with Crippen LogP contribution in [0.1, 0.15) is 39.0 Å². The van der Waals surface area contributed by atoms with E-state index in [1.807, 2.05) is 0 Å². The Morgan fingerprint density at radius 2 is 1.69 bits per heavy atom. The van der Waals surface area contributed by atoms with Gasteiger partial charge in [-0.15, -0.1) is 0 Å². The zero-order valence-electron chi connectivity index (χ0n) is 9.45. The molecule has 1 heterocycles. The number of amides is 2. The summed E-state index contributed by atoms with van der Waals surface area (Å²) in [6.45, 7) is 2.18. The van der Waals surface area contributed by atoms with Gasteiger partial charge in [-0.2, -0.15) is 0 Å². The molecule has 1 aliphatic heterocycles. The first-order valence-corrected chi connectivity index (χ1v) is 5.87. The second-order valence-electron chi connectivity index (χ2n) is 4.57. The van der Waals surface area contributed by atoms with Crippen molar-refractivity contribution >= 4 is 17.8 Å². The average Bonchev–Trinajstić information content (AvgIpc) is 2.44. The van der Waals surface area contributed by atoms with Crippen LogP contribution in [0.4, 0.5) is 0 Å². The molecule has 5 nitrogen and oxygen atoms in total. The second-order valence-corrected chi connectivity index (χ2v) is 4.57. The topological polar surface area (TPSA) is 70.6 Å². The Bertz CT molecular complexity index is 320. The monoisotopic (exact) mass is 223 g/mol. The number of hydrogen-bond acceptors (Lipinski definition) is 3. The zero-order valence-corrected chi connectivity index (χ0v) is 9.45. The minimum atomic E-state index is -0.611. The van der Waals surface area contributed by atoms with Crippen LogP contribution in [0.15, 0.2) is 4.99 Å². The van der Waals surface area contributed by atoms with Gasteiger partial charge in [0.05, 0.1) is 6.04 Å². The van der Waals surface area contributed by atoms with Crippen LogP contribution < -0.4 is 10.6 Å². The molecular weight excluding hydrogens is 206 g/mol. The summed E-state index contributed by atoms with van der Waals surface area (Å²) < 4.78 is 0. The van der Waals surface area contributed by atoms with Crippen LogP contribution >= 0.6 is 0 Å². The number of hydrogen-bond donors (Lipinski definition) is 2. The van der Waals surface area contributed by atoms with Gasteiger partial charge in [0.1, 0.15) is 0 Å². The van der Waals surface area contributed by atoms with E-state index in [9.17, 15) is 9.59 Å². The number of rotatable bonds is 1. The molecule has 2 aliphatic rings. The van der Waals surface area contributed by atoms with Crippen LogP contribution in [0.25, 0.3) is 0 Å². The van der Waals surface area contributed by atoms with E-state index in [-0.39, 0.29) is 6.04 Å². The fourth-order valence-electron chi connectivity index (χ4n) is 2.26. The van der Waals surface area contributed by atoms with E-state index in [2.05, 4.69) is 22.5 Å². The van der Waals surface area contributed by atoms with Crippen LogP contribution in [0.3, 0.4) is 0 Å². The van der Waals surface area contributed by atoms with Crippen molar-refractivity contribution in [2.75, 3.05) is 0 Å². The van der Waals surface area contributed by atoms with Crippen LogP contribution in [0.2, 0.25) is 0 Å². The lowest BCUT2D eigenvalue weighted by Gasteiger charge is -2.17. The summed E-state index contributed by atoms with van der Waals surface area (Å²) in [5, 5.41) is 4.88. The van der Waals surface area contributed by atoms with E-state index in [1.165, 1.54) is 25.7 Å². The molecule has 2 rings (SSSR count). The number of aliphatic imine (C=N–C) groups is 1. The van der Waals surface area contributed by atoms with Crippen LogP contribution in [0, 0.1) is 5.92 Å². The van der Waals surface area contributed by atoms with E-state index >= 15 is 0 Å². The van der Waals surface area contributed by atoms with Gasteiger partial charge in [-0.25, -0.2) is 4.99 Å². The molecule has 1 saturated carbocycles. The Hall–Kier alpha value is -1.39. The van der Waals surface area contributed by atoms with Gasteiger partial charge in [-0.05, 0) is 18.8 Å². The highest BCUT2D eigenvalue weighted by atomic mass is 16.2. The molecule has 0 spiro atoms. The first-order chi connectivity index (χ1) is 7.66. The van der Waals surface area contributed by atoms with Gasteiger partial charge in [0, 0.05) is 0 Å². The number of nitrogens with one attached hydrogen (secondary N) is 2. The van der Waals surface area contributed by atoms with Gasteiger partial charge < -0.3 is 0 Å². The fraction of sp³-hybridized carbons (Fsp3) is 0.727. The van der Waals surface area contributed by atoms with Crippen molar-refractivity contribution in [3.63, 3.8) is 0 Å². The summed E-state index contributed by atoms with van der Waals surface area (Å²) >= 11 is 0. The van der Waals surface area contributed by atoms with E-state index in [4.69, 9.17) is 0 Å². The van der Waals surface area contributed by atoms with Crippen molar-refractivity contribution in [1.82, 2.24) is 10.6 Å². The predicted octanol–water partition coefficient (Wildman–Crippen LogP) is 0.557. The molecule has 2 fully saturated rings. The van der Waals surface area contributed by atoms with E-state index in [0.29, 0.717) is 11.9 Å². The van der Waals surface area contributed by atoms with E-state index in [0.717, 1.165) is 6.42 Å². The van der Waals surface area contributed by atoms with Crippen molar-refractivity contribution in [3.8, 4) is 0 Å². The SMILES string of the molecule is CC1CCCCCC1N=C1NC(=O)C(=O)N1. The van der Waals surface area contributed by atoms with Crippen molar-refractivity contribution in [2.24, 2.45) is 10.9 Å². The molecule has 2 unspecified atom stereocenters. The molecule has 2 atom stereocenters. The Morgan fingerprint density at radius 1 is 1.06 bits per heavy atom. The lowest BCUT2D eigenvalue weighted by molar-refractivity contribution is -0.135. The van der Waals surface area contributed by atoms with Crippen molar-refractivity contribution in [1.29, 1.82) is 0 Å². The Morgan fingerprint density at radius 3 is 2.38 bits per heavy atom. The number of guanidine groups is 1. The zero-order chi connectivity index (χ0) is 11.5. The van der Waals surface area contributed by atoms with Crippen molar-refractivity contribution < 1.29 is 9.59 Å². The highest BCUT2D eigenvalue weighted by molar-refractivity contribution is 6.45. The third-order valence-corrected chi connectivity index (χ3v) is 3.28. The molecule has 0 aromatic heterocycles. The molecule has 0 bridgehead atoms. The molecule has 5 heteroatoms. The maximum Gasteiger partial charge on any atom is 0.316 e. The van der Waals surface area contributed by atoms with Crippen LogP contribution in [0.5, 0.6) is 0 Å². The number of carbonyl (C=O) groups is 2. The molecule has 2 amide bonds. The highest BCUT2D eigenvalue weighted by Gasteiger charge is 2.27. The summed E-state index contributed by atoms with van der Waals surface area (Å²) in [6.07, 6.45) is 5.89. The minimum absolute atomic E-state index is 0.219. The van der Waals surface area contributed by atoms with Crippen LogP contribution in [-0.4, -0.2) is 23.8 Å². The first-order valence-electron chi connectivity index (χ1n) is 5.87. The van der Waals surface area contributed by atoms with Gasteiger partial charge in [0.2, 0.25) is 5.96 Å². The van der Waals surface area contributed by atoms with Gasteiger partial charge >= 0.3 is 11.8 Å². The number of nitrogens with zero attached hydrogens (tertiary/aromatic N) is 1. The maximum absolute atomic E-state index is 11.0. The molecular formula is C11H17N3O2. The lowest BCUT2D eigenvalue weighted by atomic mass is 9.98. The van der Waals surface area contributed by atoms with E-state index in [1.54, 1.807) is 0 Å². The van der Waals surface area contributed by atoms with Gasteiger partial charge in [-0.1, -0.05) is 26.2 Å². The third-order valence-electron chi connectivity index (χ3n) is 3.28. The fourth-order valence-corrected chi connectivity index (χ4v) is 2.26. The first kappa shape index (κ1) is 11.1. The Labute approximate surface area is 94.7 Å². The second kappa shape index (κ2) is 4.63. The van der Waals surface area contributed by atoms with Gasteiger partial charge in [0.25, 0.3) is 0 Å². The molecule has 16 heavy (non-hydrogen) atoms. The minimum Gasteiger partial charge on any atom is -0.288 e. The summed E-state index contributed by atoms with van der Waals surface area (Å²) in [6, 6.07) is 0.219. The van der Waals surface area contributed by atoms with Crippen molar-refractivity contribution in [3.05, 3.63) is 0 Å². The quantitative estimate of drug-likeness (QED) is 0.503. The van der Waals surface area contributed by atoms with Crippen molar-refractivity contribution in [2.45, 2.75) is 45.1 Å². The molecule has 88 valence electrons. The van der Waals surface area contributed by atoms with E-state index < -0.39 is 11.8 Å². The predicted molar refractivity (Wildman–Crippen MR) is 59.8 cm³/mol. The molecule has 1 saturated heterocycles. The maximum atomic E-state index is 11.0. The molecule has 0 aromatic carbocycles. The normalized spacial score (nSPS) is 30.7. The standard InChI is InChI=1S/C11H17N3O2/c1-7-5-3-2-4-6-8(7)12-11-13-9(15)10(16)14-11/h7-8H,2-6H2,1H3,(H2,12,13,14,15,16). The number of carbonyl (C=O) groups excluding carboxylic acids is 2. The average molecular weight is 223 g/mol. The van der Waals surface area contributed by atoms with Gasteiger partial charge in [0.15, 0.2) is 0 Å². The summed E-state index contributed by atoms with van der Waals surface area (Å²) in [4.78, 5) is 26.4. The molecule has 0 aromatic rings. The smallest absolute Gasteiger partial charge is 0.288 e. The van der Waals surface area contributed by atoms with Gasteiger partial charge in [-0.3, -0.25) is 20.2 Å². The highest BCUT2D eigenvalue weighted by Crippen LogP contribution is 2.25. The third kappa shape index (κ3) is 2.40. The molecule has 1 aliphatic carbocycles. The Kier molecular flexibility index (Phi) is 3.22. The Balaban J connectivity index is 2.04. The summed E-state index contributed by atoms with van der Waals surface area (Å²) in [5.41, 5.74) is 0. The summed E-state index contributed by atoms with van der Waals surface area (Å²) in [7, 11) is 0. The van der Waals surface area contributed by atoms with Crippen LogP contribution in [-0.2, 0) is 9.59 Å². The largest absolute Gasteiger partial charge is 0.316 e. The molecule has 2 N–H and O–H groups in total. The lowest BCUT2D eigenvalue weighted by Crippen LogP contribution is -2.29.